The second-order valence-corrected chi connectivity index (χ2v) is 26.3. The Morgan fingerprint density at radius 2 is 0.452 bits per heavy atom. The fourth-order valence-electron chi connectivity index (χ4n) is 10.1. The highest BCUT2D eigenvalue weighted by Crippen LogP contribution is 2.14. The summed E-state index contributed by atoms with van der Waals surface area (Å²) in [6.45, 7) is 11.3. The van der Waals surface area contributed by atoms with E-state index in [1.807, 2.05) is 0 Å². The van der Waals surface area contributed by atoms with E-state index in [1.54, 1.807) is 27.7 Å². The van der Waals surface area contributed by atoms with E-state index in [-0.39, 0.29) is 89.3 Å². The quantitative estimate of drug-likeness (QED) is 0.0255. The molecule has 0 saturated carbocycles. The molecular weight excluding hydrogens is 1370 g/mol. The maximum Gasteiger partial charge on any atom is 0.326 e. The summed E-state index contributed by atoms with van der Waals surface area (Å²) in [5.41, 5.74) is 28.5. The zero-order valence-corrected chi connectivity index (χ0v) is 60.6. The van der Waals surface area contributed by atoms with E-state index in [9.17, 15) is 102 Å². The van der Waals surface area contributed by atoms with Crippen LogP contribution in [-0.2, 0) is 81.5 Å². The summed E-state index contributed by atoms with van der Waals surface area (Å²) in [4.78, 5) is 224. The molecule has 0 unspecified atom stereocenters. The zero-order chi connectivity index (χ0) is 79.3. The number of carboxylic acid groups (broad SMARTS) is 5. The van der Waals surface area contributed by atoms with E-state index >= 15 is 0 Å². The van der Waals surface area contributed by atoms with Crippen molar-refractivity contribution >= 4 is 101 Å². The van der Waals surface area contributed by atoms with Crippen molar-refractivity contribution in [2.45, 2.75) is 268 Å². The largest absolute Gasteiger partial charge is 0.481 e. The third-order valence-corrected chi connectivity index (χ3v) is 16.1. The second kappa shape index (κ2) is 51.9. The van der Waals surface area contributed by atoms with Crippen molar-refractivity contribution < 1.29 is 107 Å². The number of hydrogen-bond donors (Lipinski definition) is 22. The third-order valence-electron chi connectivity index (χ3n) is 16.1. The molecule has 0 saturated heterocycles. The number of rotatable bonds is 57. The lowest BCUT2D eigenvalue weighted by Gasteiger charge is -2.28. The Hall–Kier alpha value is -9.21. The molecule has 0 radical (unpaired) electrons. The van der Waals surface area contributed by atoms with Crippen molar-refractivity contribution in [2.24, 2.45) is 40.5 Å². The Morgan fingerprint density at radius 1 is 0.250 bits per heavy atom. The van der Waals surface area contributed by atoms with Gasteiger partial charge in [0.2, 0.25) is 70.9 Å². The van der Waals surface area contributed by atoms with Crippen LogP contribution >= 0.6 is 0 Å². The molecule has 39 nitrogen and oxygen atoms in total. The van der Waals surface area contributed by atoms with Crippen molar-refractivity contribution in [3.8, 4) is 0 Å². The van der Waals surface area contributed by atoms with Crippen LogP contribution in [0.1, 0.15) is 190 Å². The Balaban J connectivity index is 6.75. The van der Waals surface area contributed by atoms with E-state index in [0.717, 1.165) is 0 Å². The Labute approximate surface area is 604 Å². The van der Waals surface area contributed by atoms with Gasteiger partial charge in [0.15, 0.2) is 0 Å². The van der Waals surface area contributed by atoms with E-state index in [1.165, 1.54) is 20.8 Å². The summed E-state index contributed by atoms with van der Waals surface area (Å²) in [6, 6.07) is -19.2. The maximum absolute atomic E-state index is 14.2. The summed E-state index contributed by atoms with van der Waals surface area (Å²) >= 11 is 0. The van der Waals surface area contributed by atoms with Gasteiger partial charge in [0, 0.05) is 25.7 Å². The summed E-state index contributed by atoms with van der Waals surface area (Å²) in [7, 11) is 0. The highest BCUT2D eigenvalue weighted by molar-refractivity contribution is 6.00. The molecule has 13 atom stereocenters. The molecule has 0 heterocycles. The Morgan fingerprint density at radius 3 is 0.702 bits per heavy atom. The molecule has 0 bridgehead atoms. The van der Waals surface area contributed by atoms with Crippen molar-refractivity contribution in [3.05, 3.63) is 0 Å². The number of carbonyl (C=O) groups is 17. The fraction of sp³-hybridized carbons (Fsp3) is 0.738. The Kier molecular flexibility index (Phi) is 47.3. The second-order valence-electron chi connectivity index (χ2n) is 26.3. The van der Waals surface area contributed by atoms with Crippen molar-refractivity contribution in [2.75, 3.05) is 26.2 Å². The first-order valence-corrected chi connectivity index (χ1v) is 35.1. The fourth-order valence-corrected chi connectivity index (χ4v) is 10.1. The Bertz CT molecular complexity index is 2850. The van der Waals surface area contributed by atoms with Gasteiger partial charge in [0.05, 0.1) is 6.04 Å². The number of carboxylic acids is 5. The lowest BCUT2D eigenvalue weighted by atomic mass is 10.0. The molecule has 104 heavy (non-hydrogen) atoms. The number of unbranched alkanes of at least 4 members (excludes halogenated alkanes) is 4. The van der Waals surface area contributed by atoms with Crippen LogP contribution in [0.25, 0.3) is 0 Å². The minimum atomic E-state index is -1.80. The monoisotopic (exact) mass is 1490 g/mol. The van der Waals surface area contributed by atoms with Gasteiger partial charge in [-0.05, 0) is 174 Å². The predicted molar refractivity (Wildman–Crippen MR) is 374 cm³/mol. The molecule has 0 rings (SSSR count). The molecule has 0 aliphatic rings. The van der Waals surface area contributed by atoms with E-state index in [4.69, 9.17) is 33.8 Å². The van der Waals surface area contributed by atoms with E-state index < -0.39 is 224 Å². The standard InChI is InChI=1S/C65H115N17O22/c1-34(2)32-47(81-61(99)44(22-26-51(87)88)77-56(94)39(70)20-24-49(83)84)63(101)72-37(6)53(91)74-41(17-9-13-29-67)58(96)78-40(16-8-12-28-66)57(95)71-36(5)55(93)76-43(21-25-50(85)86)60(98)79-45(23-27-52(89)90)62(100)82-48(33-35(3)4)64(102)73-38(7)54(92)75-42(18-10-14-30-68)59(97)80-46(65(103)104)19-11-15-31-69/h34-48H,8-33,66-70H2,1-7H3,(H,71,95)(H,72,101)(H,73,102)(H,74,91)(H,75,92)(H,76,93)(H,77,94)(H,78,96)(H,79,98)(H,80,97)(H,81,99)(H,82,100)(H,83,84)(H,85,86)(H,87,88)(H,89,90)(H,103,104)/t36-,37-,38-,39-,40-,41-,42-,43-,44-,45-,46-,47-,48-/m0/s1. The van der Waals surface area contributed by atoms with Crippen LogP contribution in [-0.4, -0.2) is 231 Å². The highest BCUT2D eigenvalue weighted by Gasteiger charge is 2.37. The molecule has 39 heteroatoms. The first-order chi connectivity index (χ1) is 48.8. The molecule has 0 aromatic heterocycles. The number of nitrogens with one attached hydrogen (secondary N) is 12. The van der Waals surface area contributed by atoms with Gasteiger partial charge >= 0.3 is 29.8 Å². The molecule has 592 valence electrons. The lowest BCUT2D eigenvalue weighted by molar-refractivity contribution is -0.142. The third kappa shape index (κ3) is 40.6. The summed E-state index contributed by atoms with van der Waals surface area (Å²) in [5.74, 6) is -19.1. The van der Waals surface area contributed by atoms with Crippen LogP contribution in [0.2, 0.25) is 0 Å². The SMILES string of the molecule is CC(C)C[C@H](NC(=O)[C@H](CCC(=O)O)NC(=O)[C@H](CCC(=O)O)NC(=O)[C@H](C)NC(=O)[C@H](CCCCN)NC(=O)[C@H](CCCCN)NC(=O)[C@H](C)NC(=O)[C@H](CC(C)C)NC(=O)[C@H](CCC(=O)O)NC(=O)[C@@H](N)CCC(=O)O)C(=O)N[C@@H](C)C(=O)N[C@@H](CCCCN)C(=O)N[C@@H](CCCCN)C(=O)O. The van der Waals surface area contributed by atoms with Crippen molar-refractivity contribution in [1.82, 2.24) is 63.8 Å². The first-order valence-electron chi connectivity index (χ1n) is 35.1. The molecule has 12 amide bonds. The smallest absolute Gasteiger partial charge is 0.326 e. The minimum absolute atomic E-state index is 0.0405. The van der Waals surface area contributed by atoms with Gasteiger partial charge in [0.25, 0.3) is 0 Å². The van der Waals surface area contributed by atoms with Crippen molar-refractivity contribution in [3.63, 3.8) is 0 Å². The van der Waals surface area contributed by atoms with Crippen LogP contribution < -0.4 is 92.5 Å². The topological polar surface area (TPSA) is 666 Å². The van der Waals surface area contributed by atoms with Crippen LogP contribution in [0.5, 0.6) is 0 Å². The predicted octanol–water partition coefficient (Wildman–Crippen LogP) is -4.66. The average Bonchev–Trinajstić information content (AvgIpc) is 0.873. The number of carbonyl (C=O) groups excluding carboxylic acids is 12. The van der Waals surface area contributed by atoms with Crippen LogP contribution in [0.15, 0.2) is 0 Å². The zero-order valence-electron chi connectivity index (χ0n) is 60.6. The van der Waals surface area contributed by atoms with Gasteiger partial charge < -0.3 is 118 Å². The van der Waals surface area contributed by atoms with Gasteiger partial charge in [-0.15, -0.1) is 0 Å². The van der Waals surface area contributed by atoms with Gasteiger partial charge in [-0.1, -0.05) is 27.7 Å². The highest BCUT2D eigenvalue weighted by atomic mass is 16.4. The first kappa shape index (κ1) is 94.8. The number of aliphatic carboxylic acids is 5. The van der Waals surface area contributed by atoms with Crippen LogP contribution in [0.3, 0.4) is 0 Å². The van der Waals surface area contributed by atoms with E-state index in [0.29, 0.717) is 45.1 Å². The summed E-state index contributed by atoms with van der Waals surface area (Å²) < 4.78 is 0. The van der Waals surface area contributed by atoms with E-state index in [2.05, 4.69) is 63.8 Å². The molecule has 0 aromatic carbocycles. The minimum Gasteiger partial charge on any atom is -0.481 e. The molecule has 0 spiro atoms. The average molecular weight is 1490 g/mol. The van der Waals surface area contributed by atoms with Crippen LogP contribution in [0.4, 0.5) is 0 Å². The maximum atomic E-state index is 14.2. The van der Waals surface area contributed by atoms with Crippen molar-refractivity contribution in [1.29, 1.82) is 0 Å². The van der Waals surface area contributed by atoms with Gasteiger partial charge in [-0.2, -0.15) is 0 Å². The van der Waals surface area contributed by atoms with Gasteiger partial charge in [0.1, 0.15) is 72.5 Å². The normalized spacial score (nSPS) is 14.9. The number of nitrogens with two attached hydrogens (primary N) is 5. The van der Waals surface area contributed by atoms with Crippen LogP contribution in [0, 0.1) is 11.8 Å². The summed E-state index contributed by atoms with van der Waals surface area (Å²) in [5, 5.41) is 76.8. The molecule has 0 aromatic rings. The van der Waals surface area contributed by atoms with Gasteiger partial charge in [-0.25, -0.2) is 4.79 Å². The number of amides is 12. The summed E-state index contributed by atoms with van der Waals surface area (Å²) in [6.07, 6.45) is -1.98. The van der Waals surface area contributed by atoms with Gasteiger partial charge in [-0.3, -0.25) is 76.7 Å². The lowest BCUT2D eigenvalue weighted by Crippen LogP contribution is -2.60. The molecule has 27 N–H and O–H groups in total. The molecule has 0 aliphatic heterocycles. The molecule has 0 fully saturated rings. The number of hydrogen-bond acceptors (Lipinski definition) is 22. The molecule has 0 aliphatic carbocycles. The molecular formula is C65H115N17O22.